The van der Waals surface area contributed by atoms with Crippen LogP contribution in [0.25, 0.3) is 22.3 Å². The highest BCUT2D eigenvalue weighted by Gasteiger charge is 2.24. The van der Waals surface area contributed by atoms with Crippen molar-refractivity contribution in [3.8, 4) is 11.4 Å². The van der Waals surface area contributed by atoms with Crippen molar-refractivity contribution >= 4 is 32.5 Å². The maximum atomic E-state index is 14.9. The van der Waals surface area contributed by atoms with E-state index in [2.05, 4.69) is 25.2 Å². The smallest absolute Gasteiger partial charge is 0.251 e. The first-order valence-electron chi connectivity index (χ1n) is 12.9. The Kier molecular flexibility index (Phi) is 7.52. The van der Waals surface area contributed by atoms with Crippen LogP contribution in [-0.2, 0) is 21.1 Å². The molecule has 0 saturated carbocycles. The molecule has 0 bridgehead atoms. The fourth-order valence-corrected chi connectivity index (χ4v) is 5.85. The third kappa shape index (κ3) is 5.95. The Morgan fingerprint density at radius 2 is 1.82 bits per heavy atom. The molecule has 4 heterocycles. The number of hydrogen-bond acceptors (Lipinski definition) is 8. The third-order valence-corrected chi connectivity index (χ3v) is 7.97. The predicted molar refractivity (Wildman–Crippen MR) is 150 cm³/mol. The van der Waals surface area contributed by atoms with E-state index in [0.29, 0.717) is 41.4 Å². The quantitative estimate of drug-likeness (QED) is 0.373. The van der Waals surface area contributed by atoms with Gasteiger partial charge >= 0.3 is 0 Å². The van der Waals surface area contributed by atoms with E-state index in [-0.39, 0.29) is 34.9 Å². The molecule has 2 atom stereocenters. The number of fused-ring (bicyclic) bond motifs is 1. The van der Waals surface area contributed by atoms with Gasteiger partial charge in [0.1, 0.15) is 11.5 Å². The van der Waals surface area contributed by atoms with E-state index in [1.165, 1.54) is 12.1 Å². The van der Waals surface area contributed by atoms with E-state index in [1.807, 2.05) is 13.8 Å². The zero-order chi connectivity index (χ0) is 28.6. The molecule has 9 nitrogen and oxygen atoms in total. The van der Waals surface area contributed by atoms with Crippen molar-refractivity contribution in [1.29, 1.82) is 0 Å². The standard InChI is InChI=1S/C29H30FN5O4S/c1-17-5-6-20(11-26(17)40(4,37)38)29(36)32-14-22-12-25-21(13-31-22)7-9-24(33-25)28-23(30)8-10-27(34-28)35-15-18(2)39-19(3)16-35/h5-13,18-19H,14-16H2,1-4H3,(H,32,36)/t18-,19+. The van der Waals surface area contributed by atoms with Crippen molar-refractivity contribution in [2.75, 3.05) is 24.2 Å². The molecule has 1 aliphatic rings. The number of nitrogens with zero attached hydrogens (tertiary/aromatic N) is 4. The molecular formula is C29H30FN5O4S. The number of pyridine rings is 3. The summed E-state index contributed by atoms with van der Waals surface area (Å²) in [5.41, 5.74) is 2.46. The van der Waals surface area contributed by atoms with Crippen LogP contribution >= 0.6 is 0 Å². The topological polar surface area (TPSA) is 114 Å². The van der Waals surface area contributed by atoms with Gasteiger partial charge in [0.25, 0.3) is 5.91 Å². The number of sulfone groups is 1. The average Bonchev–Trinajstić information content (AvgIpc) is 2.90. The molecule has 1 aliphatic heterocycles. The van der Waals surface area contributed by atoms with Crippen molar-refractivity contribution in [3.05, 3.63) is 77.4 Å². The van der Waals surface area contributed by atoms with Gasteiger partial charge in [0.2, 0.25) is 0 Å². The first kappa shape index (κ1) is 27.6. The van der Waals surface area contributed by atoms with Crippen LogP contribution in [0.2, 0.25) is 0 Å². The Morgan fingerprint density at radius 3 is 2.55 bits per heavy atom. The number of rotatable bonds is 6. The Hall–Kier alpha value is -3.96. The molecule has 3 aromatic heterocycles. The molecule has 0 radical (unpaired) electrons. The summed E-state index contributed by atoms with van der Waals surface area (Å²) in [5.74, 6) is -0.241. The van der Waals surface area contributed by atoms with Gasteiger partial charge in [0.15, 0.2) is 15.7 Å². The largest absolute Gasteiger partial charge is 0.372 e. The van der Waals surface area contributed by atoms with E-state index in [4.69, 9.17) is 4.74 Å². The van der Waals surface area contributed by atoms with Crippen LogP contribution in [-0.4, -0.2) is 60.8 Å². The summed E-state index contributed by atoms with van der Waals surface area (Å²) in [7, 11) is -3.47. The molecule has 0 spiro atoms. The molecule has 40 heavy (non-hydrogen) atoms. The molecule has 1 fully saturated rings. The van der Waals surface area contributed by atoms with Gasteiger partial charge in [-0.2, -0.15) is 0 Å². The second-order valence-corrected chi connectivity index (χ2v) is 12.1. The van der Waals surface area contributed by atoms with E-state index >= 15 is 0 Å². The van der Waals surface area contributed by atoms with Gasteiger partial charge in [0, 0.05) is 36.5 Å². The lowest BCUT2D eigenvalue weighted by Crippen LogP contribution is -2.45. The van der Waals surface area contributed by atoms with Crippen LogP contribution in [0.5, 0.6) is 0 Å². The fraction of sp³-hybridized carbons (Fsp3) is 0.310. The molecular weight excluding hydrogens is 533 g/mol. The van der Waals surface area contributed by atoms with Gasteiger partial charge in [-0.25, -0.2) is 22.8 Å². The number of morpholine rings is 1. The number of ether oxygens (including phenoxy) is 1. The highest BCUT2D eigenvalue weighted by Crippen LogP contribution is 2.26. The molecule has 5 rings (SSSR count). The lowest BCUT2D eigenvalue weighted by Gasteiger charge is -2.36. The number of benzene rings is 1. The maximum Gasteiger partial charge on any atom is 0.251 e. The summed E-state index contributed by atoms with van der Waals surface area (Å²) in [6.07, 6.45) is 2.82. The second-order valence-electron chi connectivity index (χ2n) is 10.2. The molecule has 4 aromatic rings. The Morgan fingerprint density at radius 1 is 1.07 bits per heavy atom. The van der Waals surface area contributed by atoms with Crippen LogP contribution < -0.4 is 10.2 Å². The number of amides is 1. The van der Waals surface area contributed by atoms with Gasteiger partial charge in [-0.3, -0.25) is 9.78 Å². The van der Waals surface area contributed by atoms with E-state index in [9.17, 15) is 17.6 Å². The average molecular weight is 564 g/mol. The lowest BCUT2D eigenvalue weighted by atomic mass is 10.1. The normalized spacial score (nSPS) is 17.7. The van der Waals surface area contributed by atoms with E-state index in [1.54, 1.807) is 49.5 Å². The second kappa shape index (κ2) is 10.9. The summed E-state index contributed by atoms with van der Waals surface area (Å²) in [6.45, 7) is 7.09. The number of anilines is 1. The van der Waals surface area contributed by atoms with Crippen LogP contribution in [0.15, 0.2) is 59.6 Å². The van der Waals surface area contributed by atoms with Gasteiger partial charge in [0.05, 0.1) is 40.6 Å². The van der Waals surface area contributed by atoms with Crippen molar-refractivity contribution in [2.45, 2.75) is 44.4 Å². The number of carbonyl (C=O) groups excluding carboxylic acids is 1. The van der Waals surface area contributed by atoms with E-state index < -0.39 is 21.6 Å². The summed E-state index contributed by atoms with van der Waals surface area (Å²) in [5, 5.41) is 3.52. The zero-order valence-corrected chi connectivity index (χ0v) is 23.5. The van der Waals surface area contributed by atoms with Gasteiger partial charge in [-0.15, -0.1) is 0 Å². The Balaban J connectivity index is 1.37. The molecule has 1 saturated heterocycles. The molecule has 208 valence electrons. The maximum absolute atomic E-state index is 14.9. The summed E-state index contributed by atoms with van der Waals surface area (Å²) in [4.78, 5) is 28.6. The lowest BCUT2D eigenvalue weighted by molar-refractivity contribution is -0.00546. The first-order valence-corrected chi connectivity index (χ1v) is 14.8. The number of halogens is 1. The van der Waals surface area contributed by atoms with Crippen LogP contribution in [0, 0.1) is 12.7 Å². The van der Waals surface area contributed by atoms with Gasteiger partial charge in [-0.1, -0.05) is 6.07 Å². The van der Waals surface area contributed by atoms with Crippen molar-refractivity contribution in [2.24, 2.45) is 0 Å². The highest BCUT2D eigenvalue weighted by molar-refractivity contribution is 7.90. The number of hydrogen-bond donors (Lipinski definition) is 1. The van der Waals surface area contributed by atoms with Crippen molar-refractivity contribution in [1.82, 2.24) is 20.3 Å². The molecule has 0 unspecified atom stereocenters. The Labute approximate surface area is 232 Å². The minimum atomic E-state index is -3.47. The number of aryl methyl sites for hydroxylation is 1. The van der Waals surface area contributed by atoms with Crippen LogP contribution in [0.4, 0.5) is 10.2 Å². The molecule has 1 N–H and O–H groups in total. The highest BCUT2D eigenvalue weighted by atomic mass is 32.2. The van der Waals surface area contributed by atoms with Gasteiger partial charge < -0.3 is 15.0 Å². The van der Waals surface area contributed by atoms with Crippen molar-refractivity contribution in [3.63, 3.8) is 0 Å². The zero-order valence-electron chi connectivity index (χ0n) is 22.7. The number of aromatic nitrogens is 3. The predicted octanol–water partition coefficient (Wildman–Crippen LogP) is 4.09. The van der Waals surface area contributed by atoms with Crippen LogP contribution in [0.3, 0.4) is 0 Å². The van der Waals surface area contributed by atoms with E-state index in [0.717, 1.165) is 11.6 Å². The van der Waals surface area contributed by atoms with Crippen molar-refractivity contribution < 1.29 is 22.3 Å². The fourth-order valence-electron chi connectivity index (χ4n) is 4.85. The third-order valence-electron chi connectivity index (χ3n) is 6.73. The summed E-state index contributed by atoms with van der Waals surface area (Å²) >= 11 is 0. The SMILES string of the molecule is Cc1ccc(C(=O)NCc2cc3nc(-c4nc(N5C[C@@H](C)O[C@@H](C)C5)ccc4F)ccc3cn2)cc1S(C)(=O)=O. The number of carbonyl (C=O) groups is 1. The van der Waals surface area contributed by atoms with Gasteiger partial charge in [-0.05, 0) is 68.8 Å². The monoisotopic (exact) mass is 563 g/mol. The summed E-state index contributed by atoms with van der Waals surface area (Å²) in [6, 6.07) is 12.9. The molecule has 0 aliphatic carbocycles. The summed E-state index contributed by atoms with van der Waals surface area (Å²) < 4.78 is 44.8. The van der Waals surface area contributed by atoms with Crippen LogP contribution in [0.1, 0.15) is 35.5 Å². The molecule has 1 aromatic carbocycles. The first-order chi connectivity index (χ1) is 19.0. The Bertz CT molecular complexity index is 1700. The molecule has 11 heteroatoms. The minimum Gasteiger partial charge on any atom is -0.372 e. The molecule has 1 amide bonds. The number of nitrogens with one attached hydrogen (secondary N) is 1. The minimum absolute atomic E-state index is 0.0389.